The van der Waals surface area contributed by atoms with Gasteiger partial charge in [-0.15, -0.1) is 0 Å². The first-order valence-corrected chi connectivity index (χ1v) is 17.6. The summed E-state index contributed by atoms with van der Waals surface area (Å²) in [6, 6.07) is 55.6. The van der Waals surface area contributed by atoms with Crippen LogP contribution in [0.15, 0.2) is 158 Å². The molecule has 7 aromatic carbocycles. The van der Waals surface area contributed by atoms with Crippen molar-refractivity contribution >= 4 is 55.6 Å². The molecule has 3 heteroatoms. The SMILES string of the molecule is CC1(C)c2ccccc2P(=O)(c2cccc3ccccc23)c2cc(-c3ccc4c(c3)c3ccccc3n4-c3ccccc3)ccc21. The zero-order valence-corrected chi connectivity index (χ0v) is 26.7. The van der Waals surface area contributed by atoms with Crippen LogP contribution >= 0.6 is 7.14 Å². The van der Waals surface area contributed by atoms with Crippen LogP contribution in [0.2, 0.25) is 0 Å². The van der Waals surface area contributed by atoms with Crippen LogP contribution in [-0.2, 0) is 9.98 Å². The van der Waals surface area contributed by atoms with E-state index in [0.29, 0.717) is 0 Å². The number of hydrogen-bond acceptors (Lipinski definition) is 1. The fraction of sp³-hybridized carbons (Fsp3) is 0.0698. The van der Waals surface area contributed by atoms with Gasteiger partial charge in [0.1, 0.15) is 0 Å². The summed E-state index contributed by atoms with van der Waals surface area (Å²) in [5.41, 5.74) is 7.67. The molecular formula is C43H32NOP. The fourth-order valence-electron chi connectivity index (χ4n) is 7.80. The van der Waals surface area contributed by atoms with Crippen LogP contribution in [0.1, 0.15) is 25.0 Å². The lowest BCUT2D eigenvalue weighted by molar-refractivity contribution is 0.586. The first kappa shape index (κ1) is 27.2. The number of fused-ring (bicyclic) bond motifs is 6. The molecule has 0 aliphatic carbocycles. The summed E-state index contributed by atoms with van der Waals surface area (Å²) in [5.74, 6) is 0. The van der Waals surface area contributed by atoms with Crippen LogP contribution in [-0.4, -0.2) is 4.57 Å². The van der Waals surface area contributed by atoms with E-state index in [9.17, 15) is 0 Å². The smallest absolute Gasteiger partial charge is 0.172 e. The molecule has 9 rings (SSSR count). The molecule has 0 spiro atoms. The van der Waals surface area contributed by atoms with Gasteiger partial charge >= 0.3 is 0 Å². The van der Waals surface area contributed by atoms with Crippen LogP contribution in [0, 0.1) is 0 Å². The highest BCUT2D eigenvalue weighted by Crippen LogP contribution is 2.54. The highest BCUT2D eigenvalue weighted by atomic mass is 31.2. The molecule has 0 radical (unpaired) electrons. The average Bonchev–Trinajstić information content (AvgIpc) is 3.44. The Morgan fingerprint density at radius 3 is 1.96 bits per heavy atom. The van der Waals surface area contributed by atoms with E-state index in [1.165, 1.54) is 21.8 Å². The molecule has 1 atom stereocenters. The lowest BCUT2D eigenvalue weighted by Gasteiger charge is -2.40. The molecule has 0 amide bonds. The van der Waals surface area contributed by atoms with Crippen molar-refractivity contribution < 1.29 is 4.57 Å². The quantitative estimate of drug-likeness (QED) is 0.183. The molecule has 1 aromatic heterocycles. The van der Waals surface area contributed by atoms with Crippen molar-refractivity contribution in [3.63, 3.8) is 0 Å². The van der Waals surface area contributed by atoms with Gasteiger partial charge in [-0.25, -0.2) is 0 Å². The van der Waals surface area contributed by atoms with Gasteiger partial charge in [-0.3, -0.25) is 0 Å². The topological polar surface area (TPSA) is 22.0 Å². The molecule has 1 aliphatic rings. The molecule has 220 valence electrons. The predicted octanol–water partition coefficient (Wildman–Crippen LogP) is 9.88. The molecule has 46 heavy (non-hydrogen) atoms. The summed E-state index contributed by atoms with van der Waals surface area (Å²) >= 11 is 0. The summed E-state index contributed by atoms with van der Waals surface area (Å²) in [7, 11) is -3.25. The second-order valence-electron chi connectivity index (χ2n) is 12.9. The Bertz CT molecular complexity index is 2530. The predicted molar refractivity (Wildman–Crippen MR) is 195 cm³/mol. The first-order chi connectivity index (χ1) is 22.5. The van der Waals surface area contributed by atoms with Gasteiger partial charge in [0.2, 0.25) is 0 Å². The van der Waals surface area contributed by atoms with Gasteiger partial charge in [0.05, 0.1) is 11.0 Å². The second kappa shape index (κ2) is 9.91. The van der Waals surface area contributed by atoms with E-state index in [1.807, 2.05) is 6.07 Å². The second-order valence-corrected chi connectivity index (χ2v) is 15.6. The highest BCUT2D eigenvalue weighted by Gasteiger charge is 2.45. The maximum atomic E-state index is 16.1. The number of benzene rings is 7. The van der Waals surface area contributed by atoms with E-state index in [0.717, 1.165) is 54.6 Å². The minimum atomic E-state index is -3.25. The number of nitrogens with zero attached hydrogens (tertiary/aromatic N) is 1. The van der Waals surface area contributed by atoms with Crippen molar-refractivity contribution in [1.29, 1.82) is 0 Å². The normalized spacial score (nSPS) is 16.8. The molecule has 1 unspecified atom stereocenters. The third kappa shape index (κ3) is 3.74. The van der Waals surface area contributed by atoms with Gasteiger partial charge in [0.25, 0.3) is 0 Å². The highest BCUT2D eigenvalue weighted by molar-refractivity contribution is 7.86. The van der Waals surface area contributed by atoms with E-state index < -0.39 is 7.14 Å². The van der Waals surface area contributed by atoms with E-state index >= 15 is 4.57 Å². The molecule has 0 fully saturated rings. The summed E-state index contributed by atoms with van der Waals surface area (Å²) in [5, 5.41) is 7.38. The van der Waals surface area contributed by atoms with Crippen LogP contribution in [0.25, 0.3) is 49.4 Å². The molecular weight excluding hydrogens is 577 g/mol. The minimum absolute atomic E-state index is 0.296. The van der Waals surface area contributed by atoms with Gasteiger partial charge in [0.15, 0.2) is 7.14 Å². The number of hydrogen-bond donors (Lipinski definition) is 0. The largest absolute Gasteiger partial charge is 0.309 e. The number of aromatic nitrogens is 1. The van der Waals surface area contributed by atoms with Gasteiger partial charge in [-0.05, 0) is 69.4 Å². The Kier molecular flexibility index (Phi) is 5.85. The van der Waals surface area contributed by atoms with Crippen LogP contribution in [0.4, 0.5) is 0 Å². The Hall–Kier alpha value is -5.17. The maximum absolute atomic E-state index is 16.1. The zero-order valence-electron chi connectivity index (χ0n) is 25.8. The zero-order chi connectivity index (χ0) is 31.0. The Morgan fingerprint density at radius 2 is 1.09 bits per heavy atom. The molecule has 2 heterocycles. The number of para-hydroxylation sites is 2. The van der Waals surface area contributed by atoms with Crippen LogP contribution in [0.3, 0.4) is 0 Å². The van der Waals surface area contributed by atoms with E-state index in [1.54, 1.807) is 0 Å². The summed E-state index contributed by atoms with van der Waals surface area (Å²) < 4.78 is 18.5. The third-order valence-corrected chi connectivity index (χ3v) is 13.2. The van der Waals surface area contributed by atoms with E-state index in [-0.39, 0.29) is 5.41 Å². The Balaban J connectivity index is 1.31. The van der Waals surface area contributed by atoms with Crippen molar-refractivity contribution in [1.82, 2.24) is 4.57 Å². The van der Waals surface area contributed by atoms with E-state index in [2.05, 4.69) is 170 Å². The maximum Gasteiger partial charge on any atom is 0.172 e. The summed E-state index contributed by atoms with van der Waals surface area (Å²) in [4.78, 5) is 0. The Labute approximate surface area is 269 Å². The molecule has 0 bridgehead atoms. The van der Waals surface area contributed by atoms with Crippen LogP contribution < -0.4 is 15.9 Å². The minimum Gasteiger partial charge on any atom is -0.309 e. The lowest BCUT2D eigenvalue weighted by atomic mass is 9.77. The molecule has 8 aromatic rings. The average molecular weight is 610 g/mol. The first-order valence-electron chi connectivity index (χ1n) is 15.9. The summed E-state index contributed by atoms with van der Waals surface area (Å²) in [6.07, 6.45) is 0. The van der Waals surface area contributed by atoms with Gasteiger partial charge in [0, 0.05) is 37.8 Å². The fourth-order valence-corrected chi connectivity index (χ4v) is 11.4. The monoisotopic (exact) mass is 609 g/mol. The Morgan fingerprint density at radius 1 is 0.478 bits per heavy atom. The van der Waals surface area contributed by atoms with Crippen molar-refractivity contribution in [2.24, 2.45) is 0 Å². The van der Waals surface area contributed by atoms with Crippen molar-refractivity contribution in [3.05, 3.63) is 169 Å². The standard InChI is InChI=1S/C43H32NOP/c1-43(2)36-19-9-11-21-41(36)46(45,40-22-12-14-29-13-6-7-17-33(29)40)42-28-31(23-25-37(42)43)30-24-26-39-35(27-30)34-18-8-10-20-38(34)44(39)32-15-4-3-5-16-32/h3-28H,1-2H3. The molecule has 1 aliphatic heterocycles. The molecule has 0 N–H and O–H groups in total. The summed E-state index contributed by atoms with van der Waals surface area (Å²) in [6.45, 7) is 4.53. The molecule has 0 saturated heterocycles. The molecule has 2 nitrogen and oxygen atoms in total. The van der Waals surface area contributed by atoms with Gasteiger partial charge in [-0.2, -0.15) is 0 Å². The lowest BCUT2D eigenvalue weighted by Crippen LogP contribution is -2.42. The van der Waals surface area contributed by atoms with Crippen molar-refractivity contribution in [2.75, 3.05) is 0 Å². The molecule has 0 saturated carbocycles. The van der Waals surface area contributed by atoms with Gasteiger partial charge in [-0.1, -0.05) is 135 Å². The van der Waals surface area contributed by atoms with Crippen LogP contribution in [0.5, 0.6) is 0 Å². The van der Waals surface area contributed by atoms with E-state index in [4.69, 9.17) is 0 Å². The van der Waals surface area contributed by atoms with Crippen molar-refractivity contribution in [3.8, 4) is 16.8 Å². The third-order valence-electron chi connectivity index (χ3n) is 10.1. The van der Waals surface area contributed by atoms with Gasteiger partial charge < -0.3 is 9.13 Å². The van der Waals surface area contributed by atoms with Crippen molar-refractivity contribution in [2.45, 2.75) is 19.3 Å². The number of rotatable bonds is 3.